The molecule has 2 unspecified atom stereocenters. The van der Waals surface area contributed by atoms with Crippen molar-refractivity contribution in [2.24, 2.45) is 5.41 Å². The van der Waals surface area contributed by atoms with E-state index in [2.05, 4.69) is 27.7 Å². The largest absolute Gasteiger partial charge is 0.491 e. The zero-order valence-electron chi connectivity index (χ0n) is 19.4. The number of hydrogen-bond donors (Lipinski definition) is 0. The summed E-state index contributed by atoms with van der Waals surface area (Å²) in [7, 11) is 0. The third kappa shape index (κ3) is 4.43. The van der Waals surface area contributed by atoms with Crippen LogP contribution in [0.15, 0.2) is 24.3 Å². The molecule has 31 heavy (non-hydrogen) atoms. The number of piperidine rings is 1. The smallest absolute Gasteiger partial charge is 0.146 e. The van der Waals surface area contributed by atoms with Crippen molar-refractivity contribution in [2.75, 3.05) is 13.2 Å². The number of epoxide rings is 1. The molecule has 1 aromatic rings. The number of nitrogens with zero attached hydrogens (tertiary/aromatic N) is 1. The van der Waals surface area contributed by atoms with Crippen molar-refractivity contribution in [3.63, 3.8) is 0 Å². The van der Waals surface area contributed by atoms with Crippen LogP contribution in [-0.4, -0.2) is 47.0 Å². The van der Waals surface area contributed by atoms with Gasteiger partial charge in [0.1, 0.15) is 36.1 Å². The number of ketones is 2. The van der Waals surface area contributed by atoms with Gasteiger partial charge in [-0.3, -0.25) is 14.4 Å². The molecule has 170 valence electrons. The van der Waals surface area contributed by atoms with Crippen LogP contribution in [0.1, 0.15) is 78.4 Å². The molecule has 2 aliphatic heterocycles. The number of hydroxylamine groups is 2. The molecule has 1 aromatic carbocycles. The molecule has 2 saturated heterocycles. The Hall–Kier alpha value is -1.76. The number of rotatable bonds is 6. The molecule has 2 heterocycles. The van der Waals surface area contributed by atoms with Gasteiger partial charge in [0.15, 0.2) is 0 Å². The van der Waals surface area contributed by atoms with Crippen LogP contribution in [-0.2, 0) is 19.2 Å². The minimum absolute atomic E-state index is 0.116. The van der Waals surface area contributed by atoms with E-state index in [9.17, 15) is 9.59 Å². The van der Waals surface area contributed by atoms with Crippen molar-refractivity contribution >= 4 is 11.6 Å². The fourth-order valence-corrected chi connectivity index (χ4v) is 5.63. The third-order valence-electron chi connectivity index (χ3n) is 6.89. The van der Waals surface area contributed by atoms with Crippen molar-refractivity contribution in [1.82, 2.24) is 5.06 Å². The van der Waals surface area contributed by atoms with Gasteiger partial charge >= 0.3 is 0 Å². The van der Waals surface area contributed by atoms with Gasteiger partial charge in [0, 0.05) is 23.9 Å². The summed E-state index contributed by atoms with van der Waals surface area (Å²) in [5.74, 6) is 1.05. The summed E-state index contributed by atoms with van der Waals surface area (Å²) < 4.78 is 10.9. The highest BCUT2D eigenvalue weighted by Gasteiger charge is 2.60. The maximum absolute atomic E-state index is 12.9. The normalized spacial score (nSPS) is 27.8. The number of carbonyl (C=O) groups excluding carboxylic acids is 2. The first-order valence-corrected chi connectivity index (χ1v) is 11.4. The Labute approximate surface area is 185 Å². The Morgan fingerprint density at radius 2 is 1.58 bits per heavy atom. The Bertz CT molecular complexity index is 804. The van der Waals surface area contributed by atoms with E-state index in [-0.39, 0.29) is 23.8 Å². The van der Waals surface area contributed by atoms with Gasteiger partial charge in [0.2, 0.25) is 0 Å². The van der Waals surface area contributed by atoms with E-state index >= 15 is 0 Å². The Morgan fingerprint density at radius 1 is 1.03 bits per heavy atom. The molecular weight excluding hydrogens is 394 g/mol. The molecule has 1 spiro atoms. The number of carbonyl (C=O) groups is 2. The molecule has 6 nitrogen and oxygen atoms in total. The molecule has 0 amide bonds. The van der Waals surface area contributed by atoms with Crippen LogP contribution in [0.5, 0.6) is 5.75 Å². The highest BCUT2D eigenvalue weighted by atomic mass is 16.7. The molecule has 1 aliphatic carbocycles. The number of benzene rings is 1. The second kappa shape index (κ2) is 7.98. The molecular formula is C25H35NO5. The number of hydrogen-bond acceptors (Lipinski definition) is 6. The average Bonchev–Trinajstić information content (AvgIpc) is 3.52. The molecule has 6 heteroatoms. The quantitative estimate of drug-likeness (QED) is 0.493. The van der Waals surface area contributed by atoms with E-state index in [0.717, 1.165) is 17.9 Å². The summed E-state index contributed by atoms with van der Waals surface area (Å²) >= 11 is 0. The predicted octanol–water partition coefficient (Wildman–Crippen LogP) is 4.42. The highest BCUT2D eigenvalue weighted by Crippen LogP contribution is 2.52. The molecule has 2 atom stereocenters. The minimum Gasteiger partial charge on any atom is -0.491 e. The van der Waals surface area contributed by atoms with Crippen LogP contribution < -0.4 is 4.74 Å². The Balaban J connectivity index is 1.48. The average molecular weight is 430 g/mol. The first-order chi connectivity index (χ1) is 14.5. The lowest BCUT2D eigenvalue weighted by Crippen LogP contribution is -2.66. The second-order valence-corrected chi connectivity index (χ2v) is 10.6. The summed E-state index contributed by atoms with van der Waals surface area (Å²) in [5.41, 5.74) is -0.719. The lowest BCUT2D eigenvalue weighted by atomic mass is 9.58. The van der Waals surface area contributed by atoms with Crippen LogP contribution in [0, 0.1) is 5.41 Å². The maximum atomic E-state index is 12.9. The van der Waals surface area contributed by atoms with Gasteiger partial charge in [-0.25, -0.2) is 0 Å². The molecule has 3 aliphatic rings. The summed E-state index contributed by atoms with van der Waals surface area (Å²) in [6.45, 7) is 11.7. The van der Waals surface area contributed by atoms with E-state index in [1.807, 2.05) is 36.3 Å². The van der Waals surface area contributed by atoms with E-state index in [0.29, 0.717) is 38.7 Å². The Kier molecular flexibility index (Phi) is 5.78. The van der Waals surface area contributed by atoms with Gasteiger partial charge in [-0.2, -0.15) is 5.06 Å². The van der Waals surface area contributed by atoms with Crippen molar-refractivity contribution in [3.05, 3.63) is 29.8 Å². The fourth-order valence-electron chi connectivity index (χ4n) is 5.63. The van der Waals surface area contributed by atoms with Crippen LogP contribution in [0.4, 0.5) is 0 Å². The summed E-state index contributed by atoms with van der Waals surface area (Å²) in [6.07, 6.45) is 2.77. The fraction of sp³-hybridized carbons (Fsp3) is 0.680. The molecule has 0 aromatic heterocycles. The van der Waals surface area contributed by atoms with Crippen molar-refractivity contribution in [3.8, 4) is 5.75 Å². The third-order valence-corrected chi connectivity index (χ3v) is 6.89. The first kappa shape index (κ1) is 22.4. The van der Waals surface area contributed by atoms with E-state index in [4.69, 9.17) is 14.3 Å². The first-order valence-electron chi connectivity index (χ1n) is 11.4. The van der Waals surface area contributed by atoms with Crippen LogP contribution in [0.25, 0.3) is 0 Å². The van der Waals surface area contributed by atoms with E-state index < -0.39 is 16.5 Å². The van der Waals surface area contributed by atoms with E-state index in [1.165, 1.54) is 0 Å². The monoisotopic (exact) mass is 429 g/mol. The summed E-state index contributed by atoms with van der Waals surface area (Å²) in [6, 6.07) is 7.96. The Morgan fingerprint density at radius 3 is 2.10 bits per heavy atom. The predicted molar refractivity (Wildman–Crippen MR) is 117 cm³/mol. The van der Waals surface area contributed by atoms with Crippen LogP contribution in [0.3, 0.4) is 0 Å². The lowest BCUT2D eigenvalue weighted by molar-refractivity contribution is -0.314. The standard InChI is InChI=1S/C25H35NO5/c1-17(18-9-11-19(12-10-18)29-13-20-14-30-20)31-26-23(2,3)15-25(16-24(26,4)5)21(27)7-6-8-22(25)28/h9-12,17,20H,6-8,13-16H2,1-5H3. The SMILES string of the molecule is CC(ON1C(C)(C)CC2(CC1(C)C)C(=O)CCCC2=O)c1ccc(OCC2CO2)cc1. The van der Waals surface area contributed by atoms with Crippen LogP contribution >= 0.6 is 0 Å². The second-order valence-electron chi connectivity index (χ2n) is 10.6. The molecule has 1 saturated carbocycles. The molecule has 0 bridgehead atoms. The van der Waals surface area contributed by atoms with Gasteiger partial charge < -0.3 is 9.47 Å². The molecule has 0 N–H and O–H groups in total. The van der Waals surface area contributed by atoms with E-state index in [1.54, 1.807) is 0 Å². The zero-order chi connectivity index (χ0) is 22.4. The molecule has 4 rings (SSSR count). The number of ether oxygens (including phenoxy) is 2. The van der Waals surface area contributed by atoms with Gasteiger partial charge in [-0.1, -0.05) is 12.1 Å². The number of Topliss-reactive ketones (excluding diaryl/α,β-unsaturated/α-hetero) is 2. The van der Waals surface area contributed by atoms with Crippen molar-refractivity contribution in [1.29, 1.82) is 0 Å². The molecule has 0 radical (unpaired) electrons. The topological polar surface area (TPSA) is 68.4 Å². The summed E-state index contributed by atoms with van der Waals surface area (Å²) in [4.78, 5) is 32.4. The molecule has 3 fully saturated rings. The van der Waals surface area contributed by atoms with Gasteiger partial charge in [-0.15, -0.1) is 0 Å². The zero-order valence-corrected chi connectivity index (χ0v) is 19.4. The minimum atomic E-state index is -0.862. The van der Waals surface area contributed by atoms with Gasteiger partial charge in [-0.05, 0) is 71.6 Å². The van der Waals surface area contributed by atoms with Crippen molar-refractivity contribution < 1.29 is 23.9 Å². The lowest BCUT2D eigenvalue weighted by Gasteiger charge is -2.58. The maximum Gasteiger partial charge on any atom is 0.146 e. The van der Waals surface area contributed by atoms with Gasteiger partial charge in [0.25, 0.3) is 0 Å². The van der Waals surface area contributed by atoms with Crippen LogP contribution in [0.2, 0.25) is 0 Å². The van der Waals surface area contributed by atoms with Crippen molar-refractivity contribution in [2.45, 2.75) is 90.0 Å². The van der Waals surface area contributed by atoms with Gasteiger partial charge in [0.05, 0.1) is 12.0 Å². The summed E-state index contributed by atoms with van der Waals surface area (Å²) in [5, 5.41) is 2.03. The highest BCUT2D eigenvalue weighted by molar-refractivity contribution is 6.09.